The zero-order chi connectivity index (χ0) is 14.7. The van der Waals surface area contributed by atoms with Gasteiger partial charge in [-0.1, -0.05) is 19.9 Å². The number of nitrogens with zero attached hydrogens (tertiary/aromatic N) is 2. The van der Waals surface area contributed by atoms with Gasteiger partial charge in [-0.3, -0.25) is 0 Å². The Morgan fingerprint density at radius 3 is 2.80 bits per heavy atom. The molecule has 0 spiro atoms. The summed E-state index contributed by atoms with van der Waals surface area (Å²) in [5.74, 6) is 0.246. The maximum absolute atomic E-state index is 11.4. The number of methoxy groups -OCH3 is 1. The second-order valence-electron chi connectivity index (χ2n) is 5.10. The minimum absolute atomic E-state index is 0.242. The van der Waals surface area contributed by atoms with Gasteiger partial charge >= 0.3 is 5.97 Å². The number of fused-ring (bicyclic) bond motifs is 1. The molecular weight excluding hydrogens is 256 g/mol. The fraction of sp³-hybridized carbons (Fsp3) is 0.467. The van der Waals surface area contributed by atoms with Crippen LogP contribution in [0.4, 0.5) is 0 Å². The van der Waals surface area contributed by atoms with Crippen LogP contribution in [0.2, 0.25) is 0 Å². The molecule has 0 aliphatic heterocycles. The van der Waals surface area contributed by atoms with Crippen molar-refractivity contribution in [1.29, 1.82) is 0 Å². The molecule has 0 atom stereocenters. The summed E-state index contributed by atoms with van der Waals surface area (Å²) in [4.78, 5) is 16.0. The molecule has 0 aliphatic carbocycles. The van der Waals surface area contributed by atoms with E-state index in [2.05, 4.69) is 18.8 Å². The number of rotatable bonds is 6. The van der Waals surface area contributed by atoms with E-state index in [1.54, 1.807) is 19.2 Å². The summed E-state index contributed by atoms with van der Waals surface area (Å²) in [7, 11) is 1.66. The van der Waals surface area contributed by atoms with Gasteiger partial charge in [0.2, 0.25) is 0 Å². The first-order valence-corrected chi connectivity index (χ1v) is 6.77. The lowest BCUT2D eigenvalue weighted by Crippen LogP contribution is -2.09. The smallest absolute Gasteiger partial charge is 0.337 e. The van der Waals surface area contributed by atoms with Gasteiger partial charge in [-0.2, -0.15) is 0 Å². The molecule has 0 amide bonds. The summed E-state index contributed by atoms with van der Waals surface area (Å²) >= 11 is 0. The van der Waals surface area contributed by atoms with Crippen molar-refractivity contribution in [3.05, 3.63) is 29.6 Å². The Morgan fingerprint density at radius 1 is 1.45 bits per heavy atom. The largest absolute Gasteiger partial charge is 0.478 e. The fourth-order valence-corrected chi connectivity index (χ4v) is 2.41. The number of para-hydroxylation sites is 1. The third-order valence-electron chi connectivity index (χ3n) is 3.27. The molecule has 2 aromatic rings. The highest BCUT2D eigenvalue weighted by Crippen LogP contribution is 2.25. The molecule has 5 nitrogen and oxygen atoms in total. The average Bonchev–Trinajstić information content (AvgIpc) is 2.78. The van der Waals surface area contributed by atoms with Crippen LogP contribution in [-0.2, 0) is 11.3 Å². The summed E-state index contributed by atoms with van der Waals surface area (Å²) in [5.41, 5.74) is 1.75. The molecule has 5 heteroatoms. The van der Waals surface area contributed by atoms with Crippen LogP contribution >= 0.6 is 0 Å². The van der Waals surface area contributed by atoms with Crippen LogP contribution in [0.5, 0.6) is 0 Å². The summed E-state index contributed by atoms with van der Waals surface area (Å²) in [6.45, 7) is 5.48. The molecule has 2 rings (SSSR count). The van der Waals surface area contributed by atoms with Crippen LogP contribution in [0.25, 0.3) is 11.0 Å². The minimum Gasteiger partial charge on any atom is -0.478 e. The van der Waals surface area contributed by atoms with E-state index < -0.39 is 5.97 Å². The van der Waals surface area contributed by atoms with Crippen molar-refractivity contribution in [3.63, 3.8) is 0 Å². The van der Waals surface area contributed by atoms with Gasteiger partial charge in [0.05, 0.1) is 16.6 Å². The Morgan fingerprint density at radius 2 is 2.20 bits per heavy atom. The third kappa shape index (κ3) is 2.67. The molecule has 0 bridgehead atoms. The van der Waals surface area contributed by atoms with E-state index in [1.807, 2.05) is 10.6 Å². The summed E-state index contributed by atoms with van der Waals surface area (Å²) in [6, 6.07) is 5.23. The van der Waals surface area contributed by atoms with E-state index >= 15 is 0 Å². The average molecular weight is 276 g/mol. The molecule has 108 valence electrons. The molecule has 1 aromatic heterocycles. The van der Waals surface area contributed by atoms with Crippen molar-refractivity contribution in [2.45, 2.75) is 32.7 Å². The standard InChI is InChI=1S/C15H20N2O3/c1-10(2)14-16-12-7-4-6-11(15(18)19)13(12)17(14)8-5-9-20-3/h4,6-7,10H,5,8-9H2,1-3H3,(H,18,19). The van der Waals surface area contributed by atoms with E-state index in [1.165, 1.54) is 0 Å². The Hall–Kier alpha value is -1.88. The maximum atomic E-state index is 11.4. The predicted octanol–water partition coefficient (Wildman–Crippen LogP) is 2.89. The van der Waals surface area contributed by atoms with Crippen molar-refractivity contribution in [2.75, 3.05) is 13.7 Å². The van der Waals surface area contributed by atoms with Crippen molar-refractivity contribution in [3.8, 4) is 0 Å². The number of benzene rings is 1. The van der Waals surface area contributed by atoms with E-state index in [-0.39, 0.29) is 5.92 Å². The highest BCUT2D eigenvalue weighted by molar-refractivity contribution is 6.01. The molecule has 20 heavy (non-hydrogen) atoms. The van der Waals surface area contributed by atoms with E-state index in [4.69, 9.17) is 4.74 Å². The predicted molar refractivity (Wildman–Crippen MR) is 77.3 cm³/mol. The van der Waals surface area contributed by atoms with Gasteiger partial charge in [-0.15, -0.1) is 0 Å². The molecule has 1 heterocycles. The van der Waals surface area contributed by atoms with Gasteiger partial charge in [0.1, 0.15) is 5.82 Å². The van der Waals surface area contributed by atoms with Gasteiger partial charge in [-0.05, 0) is 18.6 Å². The number of ether oxygens (including phenoxy) is 1. The maximum Gasteiger partial charge on any atom is 0.337 e. The Bertz CT molecular complexity index is 617. The molecule has 0 radical (unpaired) electrons. The first kappa shape index (κ1) is 14.5. The number of aromatic nitrogens is 2. The number of aromatic carboxylic acids is 1. The quantitative estimate of drug-likeness (QED) is 0.824. The summed E-state index contributed by atoms with van der Waals surface area (Å²) < 4.78 is 7.10. The Balaban J connectivity index is 2.58. The first-order valence-electron chi connectivity index (χ1n) is 6.77. The number of carboxylic acids is 1. The number of carboxylic acid groups (broad SMARTS) is 1. The molecule has 0 saturated heterocycles. The van der Waals surface area contributed by atoms with Gasteiger partial charge in [0.15, 0.2) is 0 Å². The van der Waals surface area contributed by atoms with Crippen molar-refractivity contribution >= 4 is 17.0 Å². The first-order chi connectivity index (χ1) is 9.56. The van der Waals surface area contributed by atoms with Crippen LogP contribution < -0.4 is 0 Å². The summed E-state index contributed by atoms with van der Waals surface area (Å²) in [6.07, 6.45) is 0.829. The molecule has 1 N–H and O–H groups in total. The highest BCUT2D eigenvalue weighted by Gasteiger charge is 2.18. The van der Waals surface area contributed by atoms with Gasteiger partial charge < -0.3 is 14.4 Å². The van der Waals surface area contributed by atoms with Crippen molar-refractivity contribution in [1.82, 2.24) is 9.55 Å². The second kappa shape index (κ2) is 6.05. The molecular formula is C15H20N2O3. The normalized spacial score (nSPS) is 11.4. The Kier molecular flexibility index (Phi) is 4.39. The molecule has 0 aliphatic rings. The number of hydrogen-bond donors (Lipinski definition) is 1. The topological polar surface area (TPSA) is 64.4 Å². The third-order valence-corrected chi connectivity index (χ3v) is 3.27. The SMILES string of the molecule is COCCCn1c(C(C)C)nc2cccc(C(=O)O)c21. The lowest BCUT2D eigenvalue weighted by atomic mass is 10.1. The van der Waals surface area contributed by atoms with Crippen LogP contribution in [0, 0.1) is 0 Å². The number of aryl methyl sites for hydroxylation is 1. The van der Waals surface area contributed by atoms with E-state index in [0.717, 1.165) is 17.8 Å². The lowest BCUT2D eigenvalue weighted by Gasteiger charge is -2.12. The number of imidazole rings is 1. The zero-order valence-electron chi connectivity index (χ0n) is 12.1. The van der Waals surface area contributed by atoms with Gasteiger partial charge in [-0.25, -0.2) is 9.78 Å². The van der Waals surface area contributed by atoms with Crippen LogP contribution in [0.3, 0.4) is 0 Å². The number of carbonyl (C=O) groups is 1. The number of hydrogen-bond acceptors (Lipinski definition) is 3. The van der Waals surface area contributed by atoms with Crippen LogP contribution in [0.1, 0.15) is 42.4 Å². The van der Waals surface area contributed by atoms with Crippen LogP contribution in [0.15, 0.2) is 18.2 Å². The Labute approximate surface area is 118 Å². The van der Waals surface area contributed by atoms with Crippen molar-refractivity contribution < 1.29 is 14.6 Å². The molecule has 1 aromatic carbocycles. The van der Waals surface area contributed by atoms with E-state index in [0.29, 0.717) is 24.2 Å². The van der Waals surface area contributed by atoms with Gasteiger partial charge in [0.25, 0.3) is 0 Å². The van der Waals surface area contributed by atoms with Crippen LogP contribution in [-0.4, -0.2) is 34.3 Å². The molecule has 0 saturated carbocycles. The summed E-state index contributed by atoms with van der Waals surface area (Å²) in [5, 5.41) is 9.36. The molecule has 0 unspecified atom stereocenters. The van der Waals surface area contributed by atoms with Gasteiger partial charge in [0, 0.05) is 26.2 Å². The highest BCUT2D eigenvalue weighted by atomic mass is 16.5. The van der Waals surface area contributed by atoms with E-state index in [9.17, 15) is 9.90 Å². The fourth-order valence-electron chi connectivity index (χ4n) is 2.41. The zero-order valence-corrected chi connectivity index (χ0v) is 12.1. The lowest BCUT2D eigenvalue weighted by molar-refractivity contribution is 0.0698. The molecule has 0 fully saturated rings. The monoisotopic (exact) mass is 276 g/mol. The second-order valence-corrected chi connectivity index (χ2v) is 5.10. The van der Waals surface area contributed by atoms with Crippen molar-refractivity contribution in [2.24, 2.45) is 0 Å². The minimum atomic E-state index is -0.918.